The van der Waals surface area contributed by atoms with Crippen LogP contribution in [0.3, 0.4) is 0 Å². The van der Waals surface area contributed by atoms with Gasteiger partial charge in [-0.2, -0.15) is 0 Å². The number of hydrogen-bond acceptors (Lipinski definition) is 4. The van der Waals surface area contributed by atoms with E-state index < -0.39 is 12.0 Å². The van der Waals surface area contributed by atoms with Crippen LogP contribution in [0, 0.1) is 0 Å². The number of aliphatic carboxylic acids is 1. The third-order valence-corrected chi connectivity index (χ3v) is 3.89. The summed E-state index contributed by atoms with van der Waals surface area (Å²) in [4.78, 5) is 10.9. The van der Waals surface area contributed by atoms with E-state index in [1.165, 1.54) is 0 Å². The molecule has 1 aliphatic rings. The van der Waals surface area contributed by atoms with Gasteiger partial charge in [0, 0.05) is 11.3 Å². The van der Waals surface area contributed by atoms with Gasteiger partial charge in [-0.15, -0.1) is 11.8 Å². The molecule has 1 aliphatic heterocycles. The molecule has 2 rings (SSSR count). The summed E-state index contributed by atoms with van der Waals surface area (Å²) >= 11 is 1.60. The molecule has 5 heteroatoms. The molecule has 1 aromatic rings. The Bertz CT molecular complexity index is 436. The second-order valence-corrected chi connectivity index (χ2v) is 5.61. The van der Waals surface area contributed by atoms with Gasteiger partial charge in [-0.05, 0) is 19.9 Å². The lowest BCUT2D eigenvalue weighted by atomic mass is 10.2. The maximum absolute atomic E-state index is 10.9. The van der Waals surface area contributed by atoms with Crippen LogP contribution in [0.15, 0.2) is 24.3 Å². The number of nitrogens with one attached hydrogen (secondary N) is 1. The molecule has 4 nitrogen and oxygen atoms in total. The zero-order valence-corrected chi connectivity index (χ0v) is 11.2. The summed E-state index contributed by atoms with van der Waals surface area (Å²) in [5.41, 5.74) is 1.01. The lowest BCUT2D eigenvalue weighted by Crippen LogP contribution is -2.33. The van der Waals surface area contributed by atoms with Crippen LogP contribution in [0.5, 0.6) is 5.75 Å². The highest BCUT2D eigenvalue weighted by atomic mass is 32.2. The van der Waals surface area contributed by atoms with Crippen LogP contribution in [-0.4, -0.2) is 29.0 Å². The van der Waals surface area contributed by atoms with Crippen molar-refractivity contribution in [3.8, 4) is 5.75 Å². The predicted octanol–water partition coefficient (Wildman–Crippen LogP) is 2.26. The second kappa shape index (κ2) is 5.63. The highest BCUT2D eigenvalue weighted by molar-refractivity contribution is 7.99. The molecule has 2 N–H and O–H groups in total. The molecule has 1 heterocycles. The number of hydrogen-bond donors (Lipinski definition) is 2. The van der Waals surface area contributed by atoms with E-state index in [2.05, 4.69) is 5.32 Å². The first kappa shape index (κ1) is 13.2. The van der Waals surface area contributed by atoms with Crippen molar-refractivity contribution in [3.05, 3.63) is 29.8 Å². The smallest absolute Gasteiger partial charge is 0.321 e. The Kier molecular flexibility index (Phi) is 4.14. The van der Waals surface area contributed by atoms with E-state index in [1.807, 2.05) is 38.1 Å². The van der Waals surface area contributed by atoms with E-state index >= 15 is 0 Å². The van der Waals surface area contributed by atoms with Crippen molar-refractivity contribution in [2.24, 2.45) is 0 Å². The van der Waals surface area contributed by atoms with Crippen LogP contribution in [0.25, 0.3) is 0 Å². The Hall–Kier alpha value is -1.20. The molecule has 0 aromatic heterocycles. The summed E-state index contributed by atoms with van der Waals surface area (Å²) in [7, 11) is 0. The summed E-state index contributed by atoms with van der Waals surface area (Å²) in [6, 6.07) is 7.29. The average Bonchev–Trinajstić information content (AvgIpc) is 2.78. The van der Waals surface area contributed by atoms with Crippen molar-refractivity contribution in [2.75, 3.05) is 5.75 Å². The Morgan fingerprint density at radius 2 is 2.22 bits per heavy atom. The van der Waals surface area contributed by atoms with E-state index in [9.17, 15) is 4.79 Å². The number of para-hydroxylation sites is 1. The number of carboxylic acids is 1. The van der Waals surface area contributed by atoms with Crippen LogP contribution in [-0.2, 0) is 4.79 Å². The van der Waals surface area contributed by atoms with Crippen molar-refractivity contribution in [1.29, 1.82) is 0 Å². The van der Waals surface area contributed by atoms with Crippen molar-refractivity contribution in [1.82, 2.24) is 5.32 Å². The minimum atomic E-state index is -0.799. The molecule has 18 heavy (non-hydrogen) atoms. The largest absolute Gasteiger partial charge is 0.491 e. The Morgan fingerprint density at radius 1 is 1.50 bits per heavy atom. The molecule has 0 unspecified atom stereocenters. The lowest BCUT2D eigenvalue weighted by molar-refractivity contribution is -0.138. The predicted molar refractivity (Wildman–Crippen MR) is 72.0 cm³/mol. The van der Waals surface area contributed by atoms with Crippen LogP contribution in [0.2, 0.25) is 0 Å². The van der Waals surface area contributed by atoms with E-state index in [0.717, 1.165) is 11.3 Å². The minimum Gasteiger partial charge on any atom is -0.491 e. The molecule has 0 bridgehead atoms. The Labute approximate surface area is 111 Å². The monoisotopic (exact) mass is 267 g/mol. The highest BCUT2D eigenvalue weighted by Crippen LogP contribution is 2.37. The number of rotatable bonds is 4. The van der Waals surface area contributed by atoms with Gasteiger partial charge in [0.05, 0.1) is 11.5 Å². The van der Waals surface area contributed by atoms with Gasteiger partial charge in [0.1, 0.15) is 11.8 Å². The van der Waals surface area contributed by atoms with E-state index in [0.29, 0.717) is 5.75 Å². The SMILES string of the molecule is CC(C)Oc1ccccc1[C@@H]1N[C@H](C(=O)O)CS1. The molecule has 1 saturated heterocycles. The standard InChI is InChI=1S/C13H17NO3S/c1-8(2)17-11-6-4-3-5-9(11)12-14-10(7-18-12)13(15)16/h3-6,8,10,12,14H,7H2,1-2H3,(H,15,16)/t10-,12+/m0/s1. The lowest BCUT2D eigenvalue weighted by Gasteiger charge is -2.18. The normalized spacial score (nSPS) is 23.3. The zero-order chi connectivity index (χ0) is 13.1. The van der Waals surface area contributed by atoms with Gasteiger partial charge >= 0.3 is 5.97 Å². The van der Waals surface area contributed by atoms with Gasteiger partial charge < -0.3 is 9.84 Å². The van der Waals surface area contributed by atoms with Crippen molar-refractivity contribution >= 4 is 17.7 Å². The quantitative estimate of drug-likeness (QED) is 0.876. The van der Waals surface area contributed by atoms with Crippen LogP contribution in [0.1, 0.15) is 24.8 Å². The first-order valence-corrected chi connectivity index (χ1v) is 6.99. The number of thioether (sulfide) groups is 1. The Morgan fingerprint density at radius 3 is 2.83 bits per heavy atom. The molecule has 98 valence electrons. The minimum absolute atomic E-state index is 0.0129. The topological polar surface area (TPSA) is 58.6 Å². The van der Waals surface area contributed by atoms with Crippen LogP contribution in [0.4, 0.5) is 0 Å². The van der Waals surface area contributed by atoms with Crippen molar-refractivity contribution in [2.45, 2.75) is 31.4 Å². The number of ether oxygens (including phenoxy) is 1. The second-order valence-electron chi connectivity index (χ2n) is 4.48. The fourth-order valence-corrected chi connectivity index (χ4v) is 3.11. The fraction of sp³-hybridized carbons (Fsp3) is 0.462. The highest BCUT2D eigenvalue weighted by Gasteiger charge is 2.31. The van der Waals surface area contributed by atoms with Crippen molar-refractivity contribution in [3.63, 3.8) is 0 Å². The summed E-state index contributed by atoms with van der Waals surface area (Å²) < 4.78 is 5.75. The van der Waals surface area contributed by atoms with Gasteiger partial charge in [0.15, 0.2) is 0 Å². The summed E-state index contributed by atoms with van der Waals surface area (Å²) in [5.74, 6) is 0.603. The van der Waals surface area contributed by atoms with Gasteiger partial charge in [-0.25, -0.2) is 0 Å². The van der Waals surface area contributed by atoms with Gasteiger partial charge in [0.25, 0.3) is 0 Å². The van der Waals surface area contributed by atoms with E-state index in [4.69, 9.17) is 9.84 Å². The molecular formula is C13H17NO3S. The number of carbonyl (C=O) groups is 1. The molecule has 2 atom stereocenters. The first-order chi connectivity index (χ1) is 8.58. The molecule has 1 aromatic carbocycles. The Balaban J connectivity index is 2.16. The van der Waals surface area contributed by atoms with E-state index in [-0.39, 0.29) is 11.5 Å². The van der Waals surface area contributed by atoms with Gasteiger partial charge in [-0.3, -0.25) is 10.1 Å². The first-order valence-electron chi connectivity index (χ1n) is 5.94. The van der Waals surface area contributed by atoms with Crippen LogP contribution >= 0.6 is 11.8 Å². The fourth-order valence-electron chi connectivity index (χ4n) is 1.85. The maximum Gasteiger partial charge on any atom is 0.321 e. The number of benzene rings is 1. The maximum atomic E-state index is 10.9. The zero-order valence-electron chi connectivity index (χ0n) is 10.4. The molecular weight excluding hydrogens is 250 g/mol. The molecule has 0 aliphatic carbocycles. The molecule has 1 fully saturated rings. The van der Waals surface area contributed by atoms with Gasteiger partial charge in [0.2, 0.25) is 0 Å². The van der Waals surface area contributed by atoms with Crippen LogP contribution < -0.4 is 10.1 Å². The summed E-state index contributed by atoms with van der Waals surface area (Å²) in [6.07, 6.45) is 0.104. The molecule has 0 saturated carbocycles. The van der Waals surface area contributed by atoms with Crippen molar-refractivity contribution < 1.29 is 14.6 Å². The van der Waals surface area contributed by atoms with Gasteiger partial charge in [-0.1, -0.05) is 18.2 Å². The summed E-state index contributed by atoms with van der Waals surface area (Å²) in [6.45, 7) is 3.96. The molecule has 0 amide bonds. The molecule has 0 spiro atoms. The third-order valence-electron chi connectivity index (χ3n) is 2.64. The molecule has 0 radical (unpaired) electrons. The third kappa shape index (κ3) is 2.97. The van der Waals surface area contributed by atoms with E-state index in [1.54, 1.807) is 11.8 Å². The summed E-state index contributed by atoms with van der Waals surface area (Å²) in [5, 5.41) is 12.1. The number of carboxylic acid groups (broad SMARTS) is 1. The average molecular weight is 267 g/mol.